The number of benzene rings is 3. The van der Waals surface area contributed by atoms with Gasteiger partial charge >= 0.3 is 0 Å². The number of rotatable bonds is 3. The molecule has 1 aliphatic rings. The molecule has 3 heteroatoms. The Hall–Kier alpha value is -3.22. The molecule has 0 aliphatic carbocycles. The van der Waals surface area contributed by atoms with Gasteiger partial charge in [0.05, 0.1) is 6.04 Å². The quantitative estimate of drug-likeness (QED) is 0.698. The first kappa shape index (κ1) is 18.2. The molecular formula is C25H24N2O. The fraction of sp³-hybridized carbons (Fsp3) is 0.200. The predicted molar refractivity (Wildman–Crippen MR) is 114 cm³/mol. The van der Waals surface area contributed by atoms with E-state index in [0.29, 0.717) is 0 Å². The van der Waals surface area contributed by atoms with Gasteiger partial charge in [0.25, 0.3) is 0 Å². The molecule has 1 aliphatic heterocycles. The molecule has 1 heterocycles. The van der Waals surface area contributed by atoms with Crippen LogP contribution in [0.15, 0.2) is 84.9 Å². The van der Waals surface area contributed by atoms with Crippen molar-refractivity contribution in [2.75, 3.05) is 31.1 Å². The molecule has 3 aromatic rings. The highest BCUT2D eigenvalue weighted by Gasteiger charge is 2.24. The molecule has 0 spiro atoms. The highest BCUT2D eigenvalue weighted by Crippen LogP contribution is 2.26. The molecule has 0 radical (unpaired) electrons. The van der Waals surface area contributed by atoms with Gasteiger partial charge in [-0.2, -0.15) is 0 Å². The number of piperazine rings is 1. The first-order chi connectivity index (χ1) is 13.8. The van der Waals surface area contributed by atoms with Gasteiger partial charge in [0.1, 0.15) is 5.75 Å². The summed E-state index contributed by atoms with van der Waals surface area (Å²) in [6, 6.07) is 28.1. The Balaban J connectivity index is 1.55. The molecule has 140 valence electrons. The Morgan fingerprint density at radius 2 is 1.43 bits per heavy atom. The van der Waals surface area contributed by atoms with Gasteiger partial charge in [-0.05, 0) is 42.0 Å². The van der Waals surface area contributed by atoms with Gasteiger partial charge in [0, 0.05) is 37.4 Å². The molecular weight excluding hydrogens is 344 g/mol. The average Bonchev–Trinajstić information content (AvgIpc) is 2.76. The third-order valence-corrected chi connectivity index (χ3v) is 5.11. The van der Waals surface area contributed by atoms with Gasteiger partial charge < -0.3 is 10.0 Å². The van der Waals surface area contributed by atoms with Crippen LogP contribution in [-0.2, 0) is 0 Å². The van der Waals surface area contributed by atoms with Crippen LogP contribution in [0.25, 0.3) is 0 Å². The number of anilines is 1. The zero-order chi connectivity index (χ0) is 19.2. The normalized spacial score (nSPS) is 15.5. The first-order valence-corrected chi connectivity index (χ1v) is 9.69. The van der Waals surface area contributed by atoms with Crippen molar-refractivity contribution in [1.82, 2.24) is 4.90 Å². The molecule has 0 amide bonds. The van der Waals surface area contributed by atoms with Crippen molar-refractivity contribution in [2.45, 2.75) is 6.04 Å². The van der Waals surface area contributed by atoms with E-state index in [4.69, 9.17) is 0 Å². The van der Waals surface area contributed by atoms with Crippen LogP contribution in [0.1, 0.15) is 17.2 Å². The maximum absolute atomic E-state index is 9.96. The Labute approximate surface area is 166 Å². The van der Waals surface area contributed by atoms with E-state index in [1.807, 2.05) is 48.5 Å². The Bertz CT molecular complexity index is 952. The predicted octanol–water partition coefficient (Wildman–Crippen LogP) is 4.31. The summed E-state index contributed by atoms with van der Waals surface area (Å²) >= 11 is 0. The zero-order valence-electron chi connectivity index (χ0n) is 15.8. The standard InChI is InChI=1S/C25H24N2O/c28-24-13-7-10-22(20-24)25(15-14-21-8-3-1-4-9-21)27-18-16-26(17-19-27)23-11-5-2-6-12-23/h1-13,20,25,28H,16-19H2. The average molecular weight is 368 g/mol. The second kappa shape index (κ2) is 8.65. The molecule has 1 saturated heterocycles. The van der Waals surface area contributed by atoms with E-state index < -0.39 is 0 Å². The lowest BCUT2D eigenvalue weighted by atomic mass is 10.0. The second-order valence-electron chi connectivity index (χ2n) is 6.99. The van der Waals surface area contributed by atoms with Gasteiger partial charge in [0.15, 0.2) is 0 Å². The Morgan fingerprint density at radius 1 is 0.750 bits per heavy atom. The van der Waals surface area contributed by atoms with Gasteiger partial charge in [-0.3, -0.25) is 4.90 Å². The molecule has 4 rings (SSSR count). The Morgan fingerprint density at radius 3 is 2.11 bits per heavy atom. The summed E-state index contributed by atoms with van der Waals surface area (Å²) in [5, 5.41) is 9.96. The number of hydrogen-bond acceptors (Lipinski definition) is 3. The lowest BCUT2D eigenvalue weighted by molar-refractivity contribution is 0.223. The largest absolute Gasteiger partial charge is 0.508 e. The lowest BCUT2D eigenvalue weighted by Gasteiger charge is -2.38. The lowest BCUT2D eigenvalue weighted by Crippen LogP contribution is -2.47. The van der Waals surface area contributed by atoms with Crippen LogP contribution in [-0.4, -0.2) is 36.2 Å². The monoisotopic (exact) mass is 368 g/mol. The number of aromatic hydroxyl groups is 1. The summed E-state index contributed by atoms with van der Waals surface area (Å²) < 4.78 is 0. The van der Waals surface area contributed by atoms with E-state index in [1.54, 1.807) is 6.07 Å². The number of para-hydroxylation sites is 1. The van der Waals surface area contributed by atoms with Gasteiger partial charge in [-0.1, -0.05) is 60.4 Å². The number of phenols is 1. The van der Waals surface area contributed by atoms with Crippen LogP contribution in [0.4, 0.5) is 5.69 Å². The van der Waals surface area contributed by atoms with Crippen LogP contribution in [0.3, 0.4) is 0 Å². The van der Waals surface area contributed by atoms with Gasteiger partial charge in [-0.15, -0.1) is 0 Å². The number of hydrogen-bond donors (Lipinski definition) is 1. The third kappa shape index (κ3) is 4.36. The molecule has 3 aromatic carbocycles. The van der Waals surface area contributed by atoms with Crippen molar-refractivity contribution in [2.24, 2.45) is 0 Å². The fourth-order valence-corrected chi connectivity index (χ4v) is 3.63. The topological polar surface area (TPSA) is 26.7 Å². The molecule has 28 heavy (non-hydrogen) atoms. The summed E-state index contributed by atoms with van der Waals surface area (Å²) in [6.07, 6.45) is 0. The van der Waals surface area contributed by atoms with Crippen molar-refractivity contribution in [3.8, 4) is 17.6 Å². The zero-order valence-corrected chi connectivity index (χ0v) is 15.8. The van der Waals surface area contributed by atoms with Crippen molar-refractivity contribution in [1.29, 1.82) is 0 Å². The molecule has 3 nitrogen and oxygen atoms in total. The summed E-state index contributed by atoms with van der Waals surface area (Å²) in [7, 11) is 0. The maximum Gasteiger partial charge on any atom is 0.115 e. The maximum atomic E-state index is 9.96. The van der Waals surface area contributed by atoms with E-state index in [2.05, 4.69) is 52.0 Å². The molecule has 1 atom stereocenters. The summed E-state index contributed by atoms with van der Waals surface area (Å²) in [5.41, 5.74) is 3.32. The molecule has 0 bridgehead atoms. The van der Waals surface area contributed by atoms with E-state index in [9.17, 15) is 5.11 Å². The van der Waals surface area contributed by atoms with E-state index in [0.717, 1.165) is 37.3 Å². The highest BCUT2D eigenvalue weighted by atomic mass is 16.3. The van der Waals surface area contributed by atoms with E-state index in [1.165, 1.54) is 5.69 Å². The smallest absolute Gasteiger partial charge is 0.115 e. The van der Waals surface area contributed by atoms with Crippen LogP contribution >= 0.6 is 0 Å². The van der Waals surface area contributed by atoms with Crippen LogP contribution in [0, 0.1) is 11.8 Å². The van der Waals surface area contributed by atoms with E-state index in [-0.39, 0.29) is 11.8 Å². The van der Waals surface area contributed by atoms with Crippen LogP contribution in [0.5, 0.6) is 5.75 Å². The van der Waals surface area contributed by atoms with Crippen molar-refractivity contribution >= 4 is 5.69 Å². The SMILES string of the molecule is Oc1cccc(C(C#Cc2ccccc2)N2CCN(c3ccccc3)CC2)c1. The van der Waals surface area contributed by atoms with Crippen molar-refractivity contribution in [3.05, 3.63) is 96.1 Å². The Kier molecular flexibility index (Phi) is 5.61. The van der Waals surface area contributed by atoms with Gasteiger partial charge in [0.2, 0.25) is 0 Å². The van der Waals surface area contributed by atoms with Gasteiger partial charge in [-0.25, -0.2) is 0 Å². The minimum atomic E-state index is -0.0368. The van der Waals surface area contributed by atoms with Crippen molar-refractivity contribution in [3.63, 3.8) is 0 Å². The molecule has 0 saturated carbocycles. The van der Waals surface area contributed by atoms with Crippen LogP contribution < -0.4 is 4.90 Å². The summed E-state index contributed by atoms with van der Waals surface area (Å²) in [6.45, 7) is 3.79. The molecule has 1 N–H and O–H groups in total. The minimum absolute atomic E-state index is 0.0368. The molecule has 1 unspecified atom stereocenters. The summed E-state index contributed by atoms with van der Waals surface area (Å²) in [4.78, 5) is 4.82. The van der Waals surface area contributed by atoms with Crippen molar-refractivity contribution < 1.29 is 5.11 Å². The highest BCUT2D eigenvalue weighted by molar-refractivity contribution is 5.47. The van der Waals surface area contributed by atoms with E-state index >= 15 is 0 Å². The molecule has 0 aromatic heterocycles. The molecule has 1 fully saturated rings. The third-order valence-electron chi connectivity index (χ3n) is 5.11. The summed E-state index contributed by atoms with van der Waals surface area (Å²) in [5.74, 6) is 7.05. The minimum Gasteiger partial charge on any atom is -0.508 e. The number of phenolic OH excluding ortho intramolecular Hbond substituents is 1. The number of nitrogens with zero attached hydrogens (tertiary/aromatic N) is 2. The van der Waals surface area contributed by atoms with Crippen LogP contribution in [0.2, 0.25) is 0 Å². The first-order valence-electron chi connectivity index (χ1n) is 9.69. The second-order valence-corrected chi connectivity index (χ2v) is 6.99. The fourth-order valence-electron chi connectivity index (χ4n) is 3.63.